The number of aryl methyl sites for hydroxylation is 1. The average Bonchev–Trinajstić information content (AvgIpc) is 3.52. The van der Waals surface area contributed by atoms with Crippen LogP contribution in [-0.2, 0) is 18.4 Å². The first-order valence-electron chi connectivity index (χ1n) is 16.1. The zero-order chi connectivity index (χ0) is 31.5. The molecule has 3 fully saturated rings. The van der Waals surface area contributed by atoms with Gasteiger partial charge in [-0.15, -0.1) is 0 Å². The number of aliphatic hydroxyl groups excluding tert-OH is 1. The number of carbonyl (C=O) groups excluding carboxylic acids is 1. The SMILES string of the molecule is CN1CCC(c2ccc(Nc3cc(-c4ccnc(N5CCN6C(=CC7CC(C)(C)CC76)C5=O)c4CO)cn(C)c3=O)nc2)CC1. The van der Waals surface area contributed by atoms with Crippen molar-refractivity contribution in [3.05, 3.63) is 76.1 Å². The molecule has 10 nitrogen and oxygen atoms in total. The van der Waals surface area contributed by atoms with Crippen molar-refractivity contribution in [1.29, 1.82) is 0 Å². The zero-order valence-electron chi connectivity index (χ0n) is 26.7. The van der Waals surface area contributed by atoms with Crippen LogP contribution in [0.1, 0.15) is 56.6 Å². The number of fused-ring (bicyclic) bond motifs is 3. The Hall–Kier alpha value is -4.02. The van der Waals surface area contributed by atoms with Crippen molar-refractivity contribution < 1.29 is 9.90 Å². The van der Waals surface area contributed by atoms with Crippen LogP contribution in [0.25, 0.3) is 11.1 Å². The van der Waals surface area contributed by atoms with Crippen LogP contribution in [0.2, 0.25) is 0 Å². The summed E-state index contributed by atoms with van der Waals surface area (Å²) in [7, 11) is 3.87. The van der Waals surface area contributed by atoms with Gasteiger partial charge in [-0.25, -0.2) is 9.97 Å². The summed E-state index contributed by atoms with van der Waals surface area (Å²) in [6, 6.07) is 8.03. The highest BCUT2D eigenvalue weighted by molar-refractivity contribution is 6.06. The van der Waals surface area contributed by atoms with Gasteiger partial charge in [-0.2, -0.15) is 0 Å². The first-order valence-corrected chi connectivity index (χ1v) is 16.1. The van der Waals surface area contributed by atoms with Crippen molar-refractivity contribution in [2.45, 2.75) is 58.1 Å². The molecule has 3 aromatic heterocycles. The third kappa shape index (κ3) is 5.44. The summed E-state index contributed by atoms with van der Waals surface area (Å²) >= 11 is 0. The maximum absolute atomic E-state index is 13.8. The number of hydrogen-bond donors (Lipinski definition) is 2. The summed E-state index contributed by atoms with van der Waals surface area (Å²) in [6.07, 6.45) is 11.9. The second-order valence-corrected chi connectivity index (χ2v) is 14.1. The normalized spacial score (nSPS) is 23.2. The molecule has 2 atom stereocenters. The second-order valence-electron chi connectivity index (χ2n) is 14.1. The molecule has 7 rings (SSSR count). The van der Waals surface area contributed by atoms with E-state index in [1.165, 1.54) is 10.1 Å². The number of likely N-dealkylation sites (tertiary alicyclic amines) is 1. The van der Waals surface area contributed by atoms with Crippen LogP contribution in [0.5, 0.6) is 0 Å². The predicted molar refractivity (Wildman–Crippen MR) is 175 cm³/mol. The van der Waals surface area contributed by atoms with Gasteiger partial charge in [0.2, 0.25) is 0 Å². The third-order valence-electron chi connectivity index (χ3n) is 10.3. The fraction of sp³-hybridized carbons (Fsp3) is 0.486. The Kier molecular flexibility index (Phi) is 7.52. The molecule has 2 N–H and O–H groups in total. The summed E-state index contributed by atoms with van der Waals surface area (Å²) in [5.74, 6) is 1.90. The summed E-state index contributed by atoms with van der Waals surface area (Å²) in [5.41, 5.74) is 4.48. The molecule has 6 heterocycles. The number of piperidine rings is 1. The molecule has 0 radical (unpaired) electrons. The molecule has 0 bridgehead atoms. The number of carbonyl (C=O) groups is 1. The number of aromatic nitrogens is 3. The molecule has 1 saturated carbocycles. The van der Waals surface area contributed by atoms with Gasteiger partial charge in [0.1, 0.15) is 17.3 Å². The van der Waals surface area contributed by atoms with Crippen LogP contribution in [0, 0.1) is 11.3 Å². The summed E-state index contributed by atoms with van der Waals surface area (Å²) in [4.78, 5) is 42.6. The maximum Gasteiger partial charge on any atom is 0.275 e. The van der Waals surface area contributed by atoms with Crippen molar-refractivity contribution in [3.8, 4) is 11.1 Å². The highest BCUT2D eigenvalue weighted by Gasteiger charge is 2.49. The van der Waals surface area contributed by atoms with E-state index in [-0.39, 0.29) is 23.5 Å². The van der Waals surface area contributed by atoms with Gasteiger partial charge in [0.05, 0.1) is 12.3 Å². The van der Waals surface area contributed by atoms with Crippen molar-refractivity contribution in [2.24, 2.45) is 18.4 Å². The largest absolute Gasteiger partial charge is 0.392 e. The number of amides is 1. The number of rotatable bonds is 6. The minimum Gasteiger partial charge on any atom is -0.392 e. The lowest BCUT2D eigenvalue weighted by molar-refractivity contribution is -0.118. The second kappa shape index (κ2) is 11.4. The Labute approximate surface area is 264 Å². The van der Waals surface area contributed by atoms with E-state index in [2.05, 4.69) is 58.1 Å². The van der Waals surface area contributed by atoms with Gasteiger partial charge in [0.15, 0.2) is 0 Å². The quantitative estimate of drug-likeness (QED) is 0.428. The number of pyridine rings is 3. The smallest absolute Gasteiger partial charge is 0.275 e. The lowest BCUT2D eigenvalue weighted by atomic mass is 9.90. The molecule has 2 saturated heterocycles. The lowest BCUT2D eigenvalue weighted by Crippen LogP contribution is -2.50. The van der Waals surface area contributed by atoms with Gasteiger partial charge < -0.3 is 24.8 Å². The number of hydrogen-bond acceptors (Lipinski definition) is 8. The minimum absolute atomic E-state index is 0.0645. The van der Waals surface area contributed by atoms with Gasteiger partial charge in [0.25, 0.3) is 11.5 Å². The van der Waals surface area contributed by atoms with Crippen molar-refractivity contribution in [2.75, 3.05) is 43.4 Å². The number of anilines is 3. The lowest BCUT2D eigenvalue weighted by Gasteiger charge is -2.38. The summed E-state index contributed by atoms with van der Waals surface area (Å²) in [6.45, 7) is 7.73. The zero-order valence-corrected chi connectivity index (χ0v) is 26.7. The van der Waals surface area contributed by atoms with E-state index in [4.69, 9.17) is 0 Å². The molecular weight excluding hydrogens is 566 g/mol. The van der Waals surface area contributed by atoms with Gasteiger partial charge in [0, 0.05) is 61.8 Å². The van der Waals surface area contributed by atoms with E-state index in [0.29, 0.717) is 47.3 Å². The molecule has 0 aromatic carbocycles. The molecular formula is C35H43N7O3. The Morgan fingerprint density at radius 1 is 1.02 bits per heavy atom. The average molecular weight is 610 g/mol. The molecule has 10 heteroatoms. The minimum atomic E-state index is -0.296. The van der Waals surface area contributed by atoms with Gasteiger partial charge in [-0.05, 0) is 86.5 Å². The molecule has 236 valence electrons. The molecule has 0 spiro atoms. The van der Waals surface area contributed by atoms with E-state index >= 15 is 0 Å². The van der Waals surface area contributed by atoms with E-state index in [1.807, 2.05) is 18.3 Å². The van der Waals surface area contributed by atoms with E-state index < -0.39 is 0 Å². The maximum atomic E-state index is 13.8. The van der Waals surface area contributed by atoms with Crippen molar-refractivity contribution in [3.63, 3.8) is 0 Å². The first kappa shape index (κ1) is 29.7. The Morgan fingerprint density at radius 2 is 1.82 bits per heavy atom. The van der Waals surface area contributed by atoms with Gasteiger partial charge >= 0.3 is 0 Å². The third-order valence-corrected chi connectivity index (χ3v) is 10.3. The van der Waals surface area contributed by atoms with Crippen LogP contribution in [0.3, 0.4) is 0 Å². The summed E-state index contributed by atoms with van der Waals surface area (Å²) in [5, 5.41) is 13.9. The molecule has 3 aliphatic heterocycles. The van der Waals surface area contributed by atoms with Crippen LogP contribution >= 0.6 is 0 Å². The van der Waals surface area contributed by atoms with Crippen LogP contribution in [-0.4, -0.2) is 74.6 Å². The topological polar surface area (TPSA) is 107 Å². The van der Waals surface area contributed by atoms with Gasteiger partial charge in [-0.1, -0.05) is 26.0 Å². The Bertz CT molecular complexity index is 1710. The molecule has 2 unspecified atom stereocenters. The Balaban J connectivity index is 1.15. The summed E-state index contributed by atoms with van der Waals surface area (Å²) < 4.78 is 1.53. The molecule has 45 heavy (non-hydrogen) atoms. The van der Waals surface area contributed by atoms with Crippen molar-refractivity contribution >= 4 is 23.2 Å². The van der Waals surface area contributed by atoms with E-state index in [9.17, 15) is 14.7 Å². The fourth-order valence-corrected chi connectivity index (χ4v) is 7.98. The van der Waals surface area contributed by atoms with E-state index in [1.54, 1.807) is 30.4 Å². The van der Waals surface area contributed by atoms with E-state index in [0.717, 1.165) is 62.1 Å². The monoisotopic (exact) mass is 609 g/mol. The number of nitrogens with one attached hydrogen (secondary N) is 1. The number of piperazine rings is 1. The van der Waals surface area contributed by atoms with Crippen LogP contribution in [0.15, 0.2) is 59.4 Å². The standard InChI is InChI=1S/C35H43N7O3/c1-35(2)17-24-16-29-34(45)42(14-13-41(29)30(24)18-35)32-27(21-43)26(7-10-36-32)25-15-28(33(44)40(4)20-25)38-31-6-5-23(19-37-31)22-8-11-39(3)12-9-22/h5-7,10,15-16,19-20,22,24,30,43H,8-9,11-14,17-18,21H2,1-4H3,(H,37,38). The van der Waals surface area contributed by atoms with Crippen LogP contribution in [0.4, 0.5) is 17.3 Å². The molecule has 1 amide bonds. The highest BCUT2D eigenvalue weighted by Crippen LogP contribution is 2.49. The first-order chi connectivity index (χ1) is 21.6. The molecule has 3 aromatic rings. The number of nitrogens with zero attached hydrogens (tertiary/aromatic N) is 6. The predicted octanol–water partition coefficient (Wildman–Crippen LogP) is 4.24. The van der Waals surface area contributed by atoms with Crippen molar-refractivity contribution in [1.82, 2.24) is 24.3 Å². The highest BCUT2D eigenvalue weighted by atomic mass is 16.3. The van der Waals surface area contributed by atoms with Gasteiger partial charge in [-0.3, -0.25) is 14.5 Å². The molecule has 4 aliphatic rings. The number of aliphatic hydroxyl groups is 1. The fourth-order valence-electron chi connectivity index (χ4n) is 7.98. The Morgan fingerprint density at radius 3 is 2.56 bits per heavy atom. The van der Waals surface area contributed by atoms with Crippen LogP contribution < -0.4 is 15.8 Å². The molecule has 1 aliphatic carbocycles.